The summed E-state index contributed by atoms with van der Waals surface area (Å²) in [5.41, 5.74) is 1.20. The predicted molar refractivity (Wildman–Crippen MR) is 78.9 cm³/mol. The van der Waals surface area contributed by atoms with Gasteiger partial charge in [0.2, 0.25) is 0 Å². The molecule has 0 aliphatic heterocycles. The molecule has 2 aromatic rings. The highest BCUT2D eigenvalue weighted by Crippen LogP contribution is 2.31. The third-order valence-electron chi connectivity index (χ3n) is 2.28. The van der Waals surface area contributed by atoms with Crippen molar-refractivity contribution >= 4 is 31.9 Å². The lowest BCUT2D eigenvalue weighted by Gasteiger charge is -2.09. The summed E-state index contributed by atoms with van der Waals surface area (Å²) in [5, 5.41) is 3.11. The van der Waals surface area contributed by atoms with Crippen LogP contribution < -0.4 is 10.1 Å². The molecule has 0 saturated heterocycles. The van der Waals surface area contributed by atoms with Crippen molar-refractivity contribution in [3.05, 3.63) is 51.2 Å². The van der Waals surface area contributed by atoms with E-state index in [1.807, 2.05) is 31.3 Å². The fourth-order valence-electron chi connectivity index (χ4n) is 1.52. The molecule has 94 valence electrons. The van der Waals surface area contributed by atoms with Crippen LogP contribution in [0.4, 0.5) is 0 Å². The van der Waals surface area contributed by atoms with Gasteiger partial charge in [0, 0.05) is 17.2 Å². The van der Waals surface area contributed by atoms with Gasteiger partial charge in [-0.25, -0.2) is 0 Å². The van der Waals surface area contributed by atoms with E-state index < -0.39 is 0 Å². The molecule has 1 aromatic heterocycles. The van der Waals surface area contributed by atoms with Gasteiger partial charge >= 0.3 is 0 Å². The number of pyridine rings is 1. The first-order valence-electron chi connectivity index (χ1n) is 5.40. The molecular weight excluding hydrogens is 360 g/mol. The average molecular weight is 372 g/mol. The van der Waals surface area contributed by atoms with Crippen LogP contribution in [-0.2, 0) is 6.54 Å². The van der Waals surface area contributed by atoms with Crippen LogP contribution in [0.2, 0.25) is 0 Å². The molecule has 1 aromatic carbocycles. The number of aromatic nitrogens is 1. The molecule has 2 rings (SSSR count). The first-order valence-corrected chi connectivity index (χ1v) is 6.99. The number of rotatable bonds is 4. The van der Waals surface area contributed by atoms with Gasteiger partial charge in [0.1, 0.15) is 11.5 Å². The normalized spacial score (nSPS) is 10.4. The fourth-order valence-corrected chi connectivity index (χ4v) is 2.37. The van der Waals surface area contributed by atoms with Crippen molar-refractivity contribution in [1.29, 1.82) is 0 Å². The van der Waals surface area contributed by atoms with Gasteiger partial charge in [0.25, 0.3) is 0 Å². The van der Waals surface area contributed by atoms with E-state index >= 15 is 0 Å². The number of halogens is 2. The van der Waals surface area contributed by atoms with Crippen LogP contribution in [-0.4, -0.2) is 12.0 Å². The Hall–Kier alpha value is -0.910. The number of nitrogens with one attached hydrogen (secondary N) is 1. The van der Waals surface area contributed by atoms with Gasteiger partial charge in [-0.15, -0.1) is 0 Å². The summed E-state index contributed by atoms with van der Waals surface area (Å²) in [6.07, 6.45) is 3.40. The van der Waals surface area contributed by atoms with E-state index in [2.05, 4.69) is 42.2 Å². The Labute approximate surface area is 123 Å². The summed E-state index contributed by atoms with van der Waals surface area (Å²) in [6, 6.07) is 7.89. The molecule has 0 radical (unpaired) electrons. The van der Waals surface area contributed by atoms with Gasteiger partial charge in [0.05, 0.1) is 10.7 Å². The minimum absolute atomic E-state index is 0.700. The van der Waals surface area contributed by atoms with Crippen LogP contribution in [0.15, 0.2) is 45.6 Å². The van der Waals surface area contributed by atoms with Gasteiger partial charge in [-0.1, -0.05) is 6.07 Å². The van der Waals surface area contributed by atoms with Gasteiger partial charge in [0.15, 0.2) is 0 Å². The lowest BCUT2D eigenvalue weighted by atomic mass is 10.2. The number of ether oxygens (including phenoxy) is 1. The minimum Gasteiger partial charge on any atom is -0.455 e. The monoisotopic (exact) mass is 370 g/mol. The highest BCUT2D eigenvalue weighted by molar-refractivity contribution is 9.10. The largest absolute Gasteiger partial charge is 0.455 e. The maximum atomic E-state index is 5.76. The van der Waals surface area contributed by atoms with E-state index in [0.717, 1.165) is 21.2 Å². The summed E-state index contributed by atoms with van der Waals surface area (Å²) >= 11 is 6.87. The smallest absolute Gasteiger partial charge is 0.146 e. The Kier molecular flexibility index (Phi) is 4.74. The molecule has 0 bridgehead atoms. The van der Waals surface area contributed by atoms with Crippen LogP contribution in [0.1, 0.15) is 5.56 Å². The third-order valence-corrected chi connectivity index (χ3v) is 3.34. The zero-order valence-corrected chi connectivity index (χ0v) is 13.0. The summed E-state index contributed by atoms with van der Waals surface area (Å²) in [4.78, 5) is 4.06. The van der Waals surface area contributed by atoms with Gasteiger partial charge in [-0.05, 0) is 62.7 Å². The van der Waals surface area contributed by atoms with Crippen LogP contribution in [0.5, 0.6) is 11.5 Å². The van der Waals surface area contributed by atoms with Crippen LogP contribution >= 0.6 is 31.9 Å². The zero-order valence-electron chi connectivity index (χ0n) is 9.78. The molecule has 0 amide bonds. The molecule has 0 saturated carbocycles. The van der Waals surface area contributed by atoms with Crippen molar-refractivity contribution < 1.29 is 4.74 Å². The van der Waals surface area contributed by atoms with Crippen molar-refractivity contribution in [2.45, 2.75) is 6.54 Å². The molecule has 1 heterocycles. The standard InChI is InChI=1S/C13H12Br2N2O/c1-16-6-9-2-3-13(12(15)4-9)18-11-5-10(14)7-17-8-11/h2-5,7-8,16H,6H2,1H3. The van der Waals surface area contributed by atoms with E-state index in [4.69, 9.17) is 4.74 Å². The molecule has 0 aliphatic carbocycles. The molecule has 0 aliphatic rings. The van der Waals surface area contributed by atoms with Gasteiger partial charge in [-0.2, -0.15) is 0 Å². The summed E-state index contributed by atoms with van der Waals surface area (Å²) in [7, 11) is 1.92. The topological polar surface area (TPSA) is 34.1 Å². The quantitative estimate of drug-likeness (QED) is 0.877. The van der Waals surface area contributed by atoms with E-state index in [1.165, 1.54) is 5.56 Å². The fraction of sp³-hybridized carbons (Fsp3) is 0.154. The second-order valence-electron chi connectivity index (χ2n) is 3.74. The summed E-state index contributed by atoms with van der Waals surface area (Å²) in [5.74, 6) is 1.47. The number of nitrogens with zero attached hydrogens (tertiary/aromatic N) is 1. The predicted octanol–water partition coefficient (Wildman–Crippen LogP) is 4.12. The maximum Gasteiger partial charge on any atom is 0.146 e. The lowest BCUT2D eigenvalue weighted by Crippen LogP contribution is -2.04. The van der Waals surface area contributed by atoms with Gasteiger partial charge in [-0.3, -0.25) is 4.98 Å². The summed E-state index contributed by atoms with van der Waals surface area (Å²) in [6.45, 7) is 0.831. The SMILES string of the molecule is CNCc1ccc(Oc2cncc(Br)c2)c(Br)c1. The van der Waals surface area contributed by atoms with Gasteiger partial charge < -0.3 is 10.1 Å². The Bertz CT molecular complexity index is 546. The molecule has 3 nitrogen and oxygen atoms in total. The highest BCUT2D eigenvalue weighted by Gasteiger charge is 2.04. The van der Waals surface area contributed by atoms with E-state index in [9.17, 15) is 0 Å². The Morgan fingerprint density at radius 2 is 2.06 bits per heavy atom. The van der Waals surface area contributed by atoms with E-state index in [0.29, 0.717) is 5.75 Å². The molecule has 0 atom stereocenters. The van der Waals surface area contributed by atoms with Crippen LogP contribution in [0.25, 0.3) is 0 Å². The molecule has 5 heteroatoms. The first kappa shape index (κ1) is 13.5. The number of hydrogen-bond donors (Lipinski definition) is 1. The molecular formula is C13H12Br2N2O. The second kappa shape index (κ2) is 6.31. The van der Waals surface area contributed by atoms with Crippen LogP contribution in [0.3, 0.4) is 0 Å². The molecule has 0 spiro atoms. The molecule has 0 fully saturated rings. The maximum absolute atomic E-state index is 5.76. The van der Waals surface area contributed by atoms with Crippen molar-refractivity contribution in [1.82, 2.24) is 10.3 Å². The Morgan fingerprint density at radius 3 is 2.72 bits per heavy atom. The van der Waals surface area contributed by atoms with Crippen molar-refractivity contribution in [3.8, 4) is 11.5 Å². The summed E-state index contributed by atoms with van der Waals surface area (Å²) < 4.78 is 7.58. The Balaban J connectivity index is 2.19. The molecule has 1 N–H and O–H groups in total. The number of hydrogen-bond acceptors (Lipinski definition) is 3. The second-order valence-corrected chi connectivity index (χ2v) is 5.51. The lowest BCUT2D eigenvalue weighted by molar-refractivity contribution is 0.476. The van der Waals surface area contributed by atoms with E-state index in [1.54, 1.807) is 12.4 Å². The molecule has 0 unspecified atom stereocenters. The third kappa shape index (κ3) is 3.54. The Morgan fingerprint density at radius 1 is 1.22 bits per heavy atom. The first-order chi connectivity index (χ1) is 8.69. The zero-order chi connectivity index (χ0) is 13.0. The molecule has 18 heavy (non-hydrogen) atoms. The average Bonchev–Trinajstić information content (AvgIpc) is 2.33. The van der Waals surface area contributed by atoms with Crippen LogP contribution in [0, 0.1) is 0 Å². The van der Waals surface area contributed by atoms with E-state index in [-0.39, 0.29) is 0 Å². The van der Waals surface area contributed by atoms with Crippen molar-refractivity contribution in [3.63, 3.8) is 0 Å². The van der Waals surface area contributed by atoms with Crippen molar-refractivity contribution in [2.75, 3.05) is 7.05 Å². The number of benzene rings is 1. The van der Waals surface area contributed by atoms with Crippen molar-refractivity contribution in [2.24, 2.45) is 0 Å². The highest BCUT2D eigenvalue weighted by atomic mass is 79.9. The minimum atomic E-state index is 0.700.